The predicted octanol–water partition coefficient (Wildman–Crippen LogP) is 3.00. The van der Waals surface area contributed by atoms with Crippen molar-refractivity contribution in [3.8, 4) is 11.1 Å². The highest BCUT2D eigenvalue weighted by Crippen LogP contribution is 2.30. The summed E-state index contributed by atoms with van der Waals surface area (Å²) in [6.45, 7) is 0.659. The summed E-state index contributed by atoms with van der Waals surface area (Å²) >= 11 is 0. The smallest absolute Gasteiger partial charge is 0.251 e. The fraction of sp³-hybridized carbons (Fsp3) is 0.105. The summed E-state index contributed by atoms with van der Waals surface area (Å²) in [4.78, 5) is 27.4. The third kappa shape index (κ3) is 2.28. The van der Waals surface area contributed by atoms with Crippen molar-refractivity contribution in [2.24, 2.45) is 0 Å². The van der Waals surface area contributed by atoms with Crippen LogP contribution in [0.4, 0.5) is 0 Å². The molecule has 0 saturated carbocycles. The number of aromatic nitrogens is 1. The van der Waals surface area contributed by atoms with Crippen LogP contribution in [0.15, 0.2) is 48.5 Å². The van der Waals surface area contributed by atoms with Crippen LogP contribution >= 0.6 is 0 Å². The number of pyridine rings is 1. The molecule has 2 aromatic carbocycles. The largest absolute Gasteiger partial charge is 0.352 e. The fourth-order valence-corrected chi connectivity index (χ4v) is 3.09. The lowest BCUT2D eigenvalue weighted by Crippen LogP contribution is -2.31. The molecule has 1 aromatic heterocycles. The first kappa shape index (κ1) is 13.6. The van der Waals surface area contributed by atoms with Crippen molar-refractivity contribution in [2.75, 3.05) is 6.54 Å². The zero-order valence-electron chi connectivity index (χ0n) is 12.4. The molecule has 112 valence electrons. The van der Waals surface area contributed by atoms with Gasteiger partial charge in [0.2, 0.25) is 0 Å². The summed E-state index contributed by atoms with van der Waals surface area (Å²) in [7, 11) is 0. The van der Waals surface area contributed by atoms with Gasteiger partial charge in [-0.05, 0) is 41.3 Å². The lowest BCUT2D eigenvalue weighted by atomic mass is 9.93. The lowest BCUT2D eigenvalue weighted by molar-refractivity contribution is 0.0945. The Morgan fingerprint density at radius 2 is 1.91 bits per heavy atom. The van der Waals surface area contributed by atoms with E-state index < -0.39 is 0 Å². The maximum Gasteiger partial charge on any atom is 0.251 e. The Balaban J connectivity index is 1.95. The lowest BCUT2D eigenvalue weighted by Gasteiger charge is -2.17. The van der Waals surface area contributed by atoms with E-state index in [1.54, 1.807) is 6.07 Å². The van der Waals surface area contributed by atoms with Crippen LogP contribution in [0.25, 0.3) is 22.0 Å². The Kier molecular flexibility index (Phi) is 3.15. The number of para-hydroxylation sites is 1. The van der Waals surface area contributed by atoms with Crippen molar-refractivity contribution >= 4 is 23.1 Å². The molecular weight excluding hydrogens is 288 g/mol. The van der Waals surface area contributed by atoms with Crippen LogP contribution in [0.2, 0.25) is 0 Å². The van der Waals surface area contributed by atoms with Gasteiger partial charge in [-0.3, -0.25) is 9.59 Å². The van der Waals surface area contributed by atoms with Crippen molar-refractivity contribution in [3.05, 3.63) is 65.4 Å². The van der Waals surface area contributed by atoms with Crippen molar-refractivity contribution < 1.29 is 9.59 Å². The van der Waals surface area contributed by atoms with Gasteiger partial charge in [-0.1, -0.05) is 30.3 Å². The second-order valence-electron chi connectivity index (χ2n) is 5.61. The normalized spacial score (nSPS) is 13.5. The zero-order chi connectivity index (χ0) is 15.8. The Hall–Kier alpha value is -3.01. The van der Waals surface area contributed by atoms with Gasteiger partial charge in [-0.25, -0.2) is 4.98 Å². The molecule has 0 fully saturated rings. The minimum absolute atomic E-state index is 0.0223. The Morgan fingerprint density at radius 3 is 2.78 bits per heavy atom. The van der Waals surface area contributed by atoms with E-state index in [4.69, 9.17) is 0 Å². The number of hydrogen-bond donors (Lipinski definition) is 1. The Bertz CT molecular complexity index is 947. The predicted molar refractivity (Wildman–Crippen MR) is 88.6 cm³/mol. The molecule has 0 saturated heterocycles. The summed E-state index contributed by atoms with van der Waals surface area (Å²) in [5, 5.41) is 3.85. The van der Waals surface area contributed by atoms with Crippen LogP contribution in [-0.2, 0) is 6.42 Å². The first-order valence-corrected chi connectivity index (χ1v) is 7.53. The molecule has 0 spiro atoms. The van der Waals surface area contributed by atoms with Gasteiger partial charge in [0.25, 0.3) is 5.91 Å². The van der Waals surface area contributed by atoms with E-state index >= 15 is 0 Å². The van der Waals surface area contributed by atoms with Crippen molar-refractivity contribution in [1.29, 1.82) is 0 Å². The number of aldehydes is 1. The number of carbonyl (C=O) groups is 2. The monoisotopic (exact) mass is 302 g/mol. The highest BCUT2D eigenvalue weighted by Gasteiger charge is 2.17. The minimum atomic E-state index is -0.0223. The summed E-state index contributed by atoms with van der Waals surface area (Å²) < 4.78 is 0. The SMILES string of the molecule is O=Cc1cc(-c2ccc3c(c2)CCNC3=O)c2ccccc2n1. The van der Waals surface area contributed by atoms with Crippen LogP contribution in [-0.4, -0.2) is 23.7 Å². The van der Waals surface area contributed by atoms with Gasteiger partial charge in [-0.15, -0.1) is 0 Å². The van der Waals surface area contributed by atoms with Gasteiger partial charge < -0.3 is 5.32 Å². The number of nitrogens with zero attached hydrogens (tertiary/aromatic N) is 1. The van der Waals surface area contributed by atoms with Crippen LogP contribution < -0.4 is 5.32 Å². The van der Waals surface area contributed by atoms with E-state index in [1.165, 1.54) is 0 Å². The fourth-order valence-electron chi connectivity index (χ4n) is 3.09. The van der Waals surface area contributed by atoms with E-state index in [2.05, 4.69) is 10.3 Å². The third-order valence-corrected chi connectivity index (χ3v) is 4.20. The average molecular weight is 302 g/mol. The van der Waals surface area contributed by atoms with Crippen LogP contribution in [0.1, 0.15) is 26.4 Å². The van der Waals surface area contributed by atoms with Gasteiger partial charge in [0.15, 0.2) is 6.29 Å². The molecule has 1 N–H and O–H groups in total. The van der Waals surface area contributed by atoms with Gasteiger partial charge in [0.1, 0.15) is 5.69 Å². The molecule has 23 heavy (non-hydrogen) atoms. The van der Waals surface area contributed by atoms with Gasteiger partial charge >= 0.3 is 0 Å². The highest BCUT2D eigenvalue weighted by molar-refractivity contribution is 6.00. The van der Waals surface area contributed by atoms with E-state index in [-0.39, 0.29) is 5.91 Å². The molecule has 4 nitrogen and oxygen atoms in total. The number of carbonyl (C=O) groups excluding carboxylic acids is 2. The van der Waals surface area contributed by atoms with Gasteiger partial charge in [0.05, 0.1) is 5.52 Å². The molecule has 4 heteroatoms. The van der Waals surface area contributed by atoms with Gasteiger partial charge in [0, 0.05) is 17.5 Å². The quantitative estimate of drug-likeness (QED) is 0.740. The van der Waals surface area contributed by atoms with E-state index in [1.807, 2.05) is 42.5 Å². The molecule has 3 aromatic rings. The number of nitrogens with one attached hydrogen (secondary N) is 1. The number of hydrogen-bond acceptors (Lipinski definition) is 3. The highest BCUT2D eigenvalue weighted by atomic mass is 16.1. The minimum Gasteiger partial charge on any atom is -0.352 e. The number of rotatable bonds is 2. The zero-order valence-corrected chi connectivity index (χ0v) is 12.4. The van der Waals surface area contributed by atoms with E-state index in [0.717, 1.165) is 45.9 Å². The van der Waals surface area contributed by atoms with Crippen LogP contribution in [0.5, 0.6) is 0 Å². The molecule has 0 radical (unpaired) electrons. The van der Waals surface area contributed by atoms with Gasteiger partial charge in [-0.2, -0.15) is 0 Å². The molecule has 0 aliphatic carbocycles. The van der Waals surface area contributed by atoms with Crippen molar-refractivity contribution in [2.45, 2.75) is 6.42 Å². The molecule has 0 atom stereocenters. The molecule has 0 bridgehead atoms. The summed E-state index contributed by atoms with van der Waals surface area (Å²) in [6, 6.07) is 15.4. The maximum atomic E-state index is 11.9. The number of fused-ring (bicyclic) bond motifs is 2. The Labute approximate surface area is 133 Å². The summed E-state index contributed by atoms with van der Waals surface area (Å²) in [5.74, 6) is -0.0223. The van der Waals surface area contributed by atoms with Crippen molar-refractivity contribution in [3.63, 3.8) is 0 Å². The molecule has 1 aliphatic heterocycles. The molecular formula is C19H14N2O2. The molecule has 4 rings (SSSR count). The van der Waals surface area contributed by atoms with Crippen LogP contribution in [0, 0.1) is 0 Å². The average Bonchev–Trinajstić information content (AvgIpc) is 2.60. The van der Waals surface area contributed by atoms with Crippen LogP contribution in [0.3, 0.4) is 0 Å². The number of benzene rings is 2. The Morgan fingerprint density at radius 1 is 1.04 bits per heavy atom. The maximum absolute atomic E-state index is 11.9. The standard InChI is InChI=1S/C19H14N2O2/c22-11-14-10-17(16-3-1-2-4-18(16)21-14)12-5-6-15-13(9-12)7-8-20-19(15)23/h1-6,9-11H,7-8H2,(H,20,23). The molecule has 1 aliphatic rings. The molecule has 2 heterocycles. The summed E-state index contributed by atoms with van der Waals surface area (Å²) in [5.41, 5.74) is 4.94. The van der Waals surface area contributed by atoms with E-state index in [0.29, 0.717) is 12.2 Å². The molecule has 0 unspecified atom stereocenters. The second-order valence-corrected chi connectivity index (χ2v) is 5.61. The van der Waals surface area contributed by atoms with E-state index in [9.17, 15) is 9.59 Å². The third-order valence-electron chi connectivity index (χ3n) is 4.20. The second kappa shape index (κ2) is 5.32. The molecule has 1 amide bonds. The summed E-state index contributed by atoms with van der Waals surface area (Å²) in [6.07, 6.45) is 1.58. The first-order chi connectivity index (χ1) is 11.3. The van der Waals surface area contributed by atoms with Crippen molar-refractivity contribution in [1.82, 2.24) is 10.3 Å². The number of amides is 1. The first-order valence-electron chi connectivity index (χ1n) is 7.53. The topological polar surface area (TPSA) is 59.1 Å².